The van der Waals surface area contributed by atoms with Crippen LogP contribution in [0.2, 0.25) is 0 Å². The SMILES string of the molecule is CCNC(=NCCC(=O)N(C)C)N1CCC2(CCCC2)C1.I. The lowest BCUT2D eigenvalue weighted by atomic mass is 9.86. The van der Waals surface area contributed by atoms with Gasteiger partial charge in [-0.3, -0.25) is 9.79 Å². The number of carbonyl (C=O) groups excluding carboxylic acids is 1. The van der Waals surface area contributed by atoms with Crippen molar-refractivity contribution >= 4 is 35.8 Å². The van der Waals surface area contributed by atoms with Gasteiger partial charge in [0.2, 0.25) is 5.91 Å². The molecule has 1 aliphatic carbocycles. The Kier molecular flexibility index (Phi) is 7.93. The summed E-state index contributed by atoms with van der Waals surface area (Å²) < 4.78 is 0. The fraction of sp³-hybridized carbons (Fsp3) is 0.875. The topological polar surface area (TPSA) is 47.9 Å². The molecule has 0 radical (unpaired) electrons. The van der Waals surface area contributed by atoms with E-state index in [2.05, 4.69) is 22.1 Å². The van der Waals surface area contributed by atoms with Crippen molar-refractivity contribution in [3.05, 3.63) is 0 Å². The number of rotatable bonds is 4. The van der Waals surface area contributed by atoms with Gasteiger partial charge in [-0.05, 0) is 31.6 Å². The molecule has 22 heavy (non-hydrogen) atoms. The van der Waals surface area contributed by atoms with Crippen LogP contribution in [0.4, 0.5) is 0 Å². The Balaban J connectivity index is 0.00000242. The zero-order chi connectivity index (χ0) is 15.3. The monoisotopic (exact) mass is 422 g/mol. The number of aliphatic imine (C=N–C) groups is 1. The van der Waals surface area contributed by atoms with Crippen molar-refractivity contribution in [2.75, 3.05) is 40.3 Å². The predicted molar refractivity (Wildman–Crippen MR) is 102 cm³/mol. The van der Waals surface area contributed by atoms with Crippen LogP contribution in [0.1, 0.15) is 45.4 Å². The molecule has 1 aliphatic heterocycles. The highest BCUT2D eigenvalue weighted by molar-refractivity contribution is 14.0. The van der Waals surface area contributed by atoms with Gasteiger partial charge in [-0.1, -0.05) is 12.8 Å². The van der Waals surface area contributed by atoms with Crippen molar-refractivity contribution in [3.8, 4) is 0 Å². The molecule has 2 rings (SSSR count). The maximum Gasteiger partial charge on any atom is 0.223 e. The third-order valence-electron chi connectivity index (χ3n) is 4.82. The van der Waals surface area contributed by atoms with Crippen LogP contribution >= 0.6 is 24.0 Å². The molecule has 0 unspecified atom stereocenters. The van der Waals surface area contributed by atoms with Crippen LogP contribution < -0.4 is 5.32 Å². The van der Waals surface area contributed by atoms with Gasteiger partial charge in [0.15, 0.2) is 5.96 Å². The molecule has 6 heteroatoms. The summed E-state index contributed by atoms with van der Waals surface area (Å²) in [4.78, 5) is 20.3. The number of amides is 1. The van der Waals surface area contributed by atoms with Crippen LogP contribution in [0.5, 0.6) is 0 Å². The molecular formula is C16H31IN4O. The van der Waals surface area contributed by atoms with E-state index < -0.39 is 0 Å². The van der Waals surface area contributed by atoms with E-state index in [4.69, 9.17) is 0 Å². The molecule has 1 heterocycles. The Morgan fingerprint density at radius 1 is 1.27 bits per heavy atom. The van der Waals surface area contributed by atoms with Crippen molar-refractivity contribution in [3.63, 3.8) is 0 Å². The van der Waals surface area contributed by atoms with Crippen LogP contribution in [0.3, 0.4) is 0 Å². The molecule has 1 N–H and O–H groups in total. The van der Waals surface area contributed by atoms with E-state index in [-0.39, 0.29) is 29.9 Å². The molecule has 1 spiro atoms. The van der Waals surface area contributed by atoms with Gasteiger partial charge < -0.3 is 15.1 Å². The molecule has 0 atom stereocenters. The van der Waals surface area contributed by atoms with Gasteiger partial charge in [-0.25, -0.2) is 0 Å². The minimum atomic E-state index is 0. The van der Waals surface area contributed by atoms with Crippen LogP contribution in [-0.4, -0.2) is 61.9 Å². The molecule has 0 bridgehead atoms. The first kappa shape index (κ1) is 19.5. The predicted octanol–water partition coefficient (Wildman–Crippen LogP) is 2.31. The lowest BCUT2D eigenvalue weighted by Gasteiger charge is -2.26. The second-order valence-electron chi connectivity index (χ2n) is 6.65. The van der Waals surface area contributed by atoms with E-state index in [1.807, 2.05) is 0 Å². The van der Waals surface area contributed by atoms with Crippen LogP contribution in [0.25, 0.3) is 0 Å². The summed E-state index contributed by atoms with van der Waals surface area (Å²) in [5.74, 6) is 1.14. The highest BCUT2D eigenvalue weighted by Gasteiger charge is 2.41. The fourth-order valence-electron chi connectivity index (χ4n) is 3.56. The molecule has 1 saturated carbocycles. The zero-order valence-corrected chi connectivity index (χ0v) is 16.6. The third kappa shape index (κ3) is 4.99. The number of carbonyl (C=O) groups is 1. The number of nitrogens with one attached hydrogen (secondary N) is 1. The number of hydrogen-bond acceptors (Lipinski definition) is 2. The van der Waals surface area contributed by atoms with Gasteiger partial charge in [0.05, 0.1) is 6.54 Å². The first-order valence-electron chi connectivity index (χ1n) is 8.30. The molecule has 1 amide bonds. The van der Waals surface area contributed by atoms with Crippen molar-refractivity contribution in [2.45, 2.75) is 45.4 Å². The van der Waals surface area contributed by atoms with Crippen LogP contribution in [0, 0.1) is 5.41 Å². The minimum absolute atomic E-state index is 0. The van der Waals surface area contributed by atoms with Gasteiger partial charge in [0, 0.05) is 40.2 Å². The number of guanidine groups is 1. The normalized spacial score (nSPS) is 20.1. The second kappa shape index (κ2) is 8.93. The van der Waals surface area contributed by atoms with E-state index in [0.717, 1.165) is 25.6 Å². The lowest BCUT2D eigenvalue weighted by Crippen LogP contribution is -2.41. The van der Waals surface area contributed by atoms with Gasteiger partial charge in [0.25, 0.3) is 0 Å². The fourth-order valence-corrected chi connectivity index (χ4v) is 3.56. The summed E-state index contributed by atoms with van der Waals surface area (Å²) in [5, 5.41) is 3.38. The summed E-state index contributed by atoms with van der Waals surface area (Å²) in [6.07, 6.45) is 7.32. The first-order valence-corrected chi connectivity index (χ1v) is 8.30. The zero-order valence-electron chi connectivity index (χ0n) is 14.2. The minimum Gasteiger partial charge on any atom is -0.357 e. The Hall–Kier alpha value is -0.530. The Labute approximate surface area is 151 Å². The second-order valence-corrected chi connectivity index (χ2v) is 6.65. The number of likely N-dealkylation sites (tertiary alicyclic amines) is 1. The summed E-state index contributed by atoms with van der Waals surface area (Å²) in [7, 11) is 3.59. The molecule has 128 valence electrons. The maximum absolute atomic E-state index is 11.6. The van der Waals surface area contributed by atoms with Crippen molar-refractivity contribution in [2.24, 2.45) is 10.4 Å². The first-order chi connectivity index (χ1) is 10.1. The van der Waals surface area contributed by atoms with E-state index in [9.17, 15) is 4.79 Å². The van der Waals surface area contributed by atoms with Crippen LogP contribution in [-0.2, 0) is 4.79 Å². The molecule has 5 nitrogen and oxygen atoms in total. The highest BCUT2D eigenvalue weighted by Crippen LogP contribution is 2.45. The average molecular weight is 422 g/mol. The Morgan fingerprint density at radius 2 is 1.95 bits per heavy atom. The third-order valence-corrected chi connectivity index (χ3v) is 4.82. The summed E-state index contributed by atoms with van der Waals surface area (Å²) in [6.45, 7) is 5.79. The lowest BCUT2D eigenvalue weighted by molar-refractivity contribution is -0.128. The number of halogens is 1. The molecule has 1 saturated heterocycles. The number of nitrogens with zero attached hydrogens (tertiary/aromatic N) is 3. The molecule has 0 aromatic rings. The van der Waals surface area contributed by atoms with E-state index >= 15 is 0 Å². The maximum atomic E-state index is 11.6. The van der Waals surface area contributed by atoms with Crippen molar-refractivity contribution < 1.29 is 4.79 Å². The molecular weight excluding hydrogens is 391 g/mol. The Bertz CT molecular complexity index is 392. The van der Waals surface area contributed by atoms with Crippen molar-refractivity contribution in [1.82, 2.24) is 15.1 Å². The molecule has 2 aliphatic rings. The quantitative estimate of drug-likeness (QED) is 0.430. The standard InChI is InChI=1S/C16H30N4O.HI/c1-4-17-15(18-11-7-14(21)19(2)3)20-12-10-16(13-20)8-5-6-9-16;/h4-13H2,1-3H3,(H,17,18);1H. The summed E-state index contributed by atoms with van der Waals surface area (Å²) >= 11 is 0. The number of hydrogen-bond donors (Lipinski definition) is 1. The van der Waals surface area contributed by atoms with Gasteiger partial charge in [0.1, 0.15) is 0 Å². The van der Waals surface area contributed by atoms with Gasteiger partial charge in [-0.15, -0.1) is 24.0 Å². The van der Waals surface area contributed by atoms with E-state index in [0.29, 0.717) is 18.4 Å². The van der Waals surface area contributed by atoms with E-state index in [1.54, 1.807) is 19.0 Å². The summed E-state index contributed by atoms with van der Waals surface area (Å²) in [5.41, 5.74) is 0.551. The van der Waals surface area contributed by atoms with Gasteiger partial charge in [-0.2, -0.15) is 0 Å². The molecule has 0 aromatic heterocycles. The smallest absolute Gasteiger partial charge is 0.223 e. The van der Waals surface area contributed by atoms with Gasteiger partial charge >= 0.3 is 0 Å². The highest BCUT2D eigenvalue weighted by atomic mass is 127. The largest absolute Gasteiger partial charge is 0.357 e. The molecule has 0 aromatic carbocycles. The Morgan fingerprint density at radius 3 is 2.55 bits per heavy atom. The van der Waals surface area contributed by atoms with E-state index in [1.165, 1.54) is 32.1 Å². The average Bonchev–Trinajstić information content (AvgIpc) is 3.08. The molecule has 2 fully saturated rings. The summed E-state index contributed by atoms with van der Waals surface area (Å²) in [6, 6.07) is 0. The van der Waals surface area contributed by atoms with Crippen LogP contribution in [0.15, 0.2) is 4.99 Å². The van der Waals surface area contributed by atoms with Crippen molar-refractivity contribution in [1.29, 1.82) is 0 Å².